The fourth-order valence-electron chi connectivity index (χ4n) is 2.08. The molecule has 2 heterocycles. The van der Waals surface area contributed by atoms with Crippen LogP contribution in [0.15, 0.2) is 47.5 Å². The smallest absolute Gasteiger partial charge is 0.275 e. The van der Waals surface area contributed by atoms with Crippen LogP contribution in [0.1, 0.15) is 0 Å². The molecule has 5 heteroatoms. The number of nitrogens with one attached hydrogen (secondary N) is 1. The van der Waals surface area contributed by atoms with Crippen molar-refractivity contribution in [2.75, 3.05) is 7.11 Å². The number of aromatic nitrogens is 3. The largest absolute Gasteiger partial charge is 0.496 e. The van der Waals surface area contributed by atoms with Crippen molar-refractivity contribution in [3.8, 4) is 17.0 Å². The topological polar surface area (TPSA) is 67.9 Å². The Labute approximate surface area is 108 Å². The van der Waals surface area contributed by atoms with E-state index in [0.717, 1.165) is 10.9 Å². The molecular formula is C14H11N3O2. The number of nitrogens with zero attached hydrogens (tertiary/aromatic N) is 2. The SMILES string of the molecule is COc1cccc2c(-c3cccnc3)n[nH]c(=O)c12. The number of H-pyrrole nitrogens is 1. The van der Waals surface area contributed by atoms with Crippen molar-refractivity contribution in [1.29, 1.82) is 0 Å². The van der Waals surface area contributed by atoms with E-state index in [-0.39, 0.29) is 5.56 Å². The average Bonchev–Trinajstić information content (AvgIpc) is 2.48. The number of methoxy groups -OCH3 is 1. The van der Waals surface area contributed by atoms with Gasteiger partial charge in [0.05, 0.1) is 12.5 Å². The monoisotopic (exact) mass is 253 g/mol. The molecular weight excluding hydrogens is 242 g/mol. The highest BCUT2D eigenvalue weighted by Gasteiger charge is 2.12. The molecule has 3 rings (SSSR count). The van der Waals surface area contributed by atoms with Gasteiger partial charge in [0.15, 0.2) is 0 Å². The number of hydrogen-bond donors (Lipinski definition) is 1. The minimum absolute atomic E-state index is 0.264. The van der Waals surface area contributed by atoms with Crippen LogP contribution in [-0.4, -0.2) is 22.3 Å². The lowest BCUT2D eigenvalue weighted by Crippen LogP contribution is -2.10. The molecule has 0 saturated heterocycles. The van der Waals surface area contributed by atoms with Crippen LogP contribution in [0.3, 0.4) is 0 Å². The molecule has 3 aromatic rings. The zero-order valence-corrected chi connectivity index (χ0v) is 10.3. The molecule has 0 saturated carbocycles. The maximum absolute atomic E-state index is 11.9. The lowest BCUT2D eigenvalue weighted by atomic mass is 10.1. The van der Waals surface area contributed by atoms with Gasteiger partial charge in [-0.2, -0.15) is 5.10 Å². The van der Waals surface area contributed by atoms with Crippen LogP contribution in [0.5, 0.6) is 5.75 Å². The van der Waals surface area contributed by atoms with Gasteiger partial charge in [0, 0.05) is 23.3 Å². The zero-order valence-electron chi connectivity index (χ0n) is 10.3. The summed E-state index contributed by atoms with van der Waals surface area (Å²) in [5.41, 5.74) is 1.26. The van der Waals surface area contributed by atoms with E-state index >= 15 is 0 Å². The number of fused-ring (bicyclic) bond motifs is 1. The molecule has 94 valence electrons. The van der Waals surface area contributed by atoms with Gasteiger partial charge in [-0.25, -0.2) is 5.10 Å². The summed E-state index contributed by atoms with van der Waals surface area (Å²) in [7, 11) is 1.54. The molecule has 19 heavy (non-hydrogen) atoms. The Morgan fingerprint density at radius 3 is 2.84 bits per heavy atom. The summed E-state index contributed by atoms with van der Waals surface area (Å²) >= 11 is 0. The van der Waals surface area contributed by atoms with Crippen molar-refractivity contribution >= 4 is 10.8 Å². The highest BCUT2D eigenvalue weighted by atomic mass is 16.5. The number of ether oxygens (including phenoxy) is 1. The third-order valence-electron chi connectivity index (χ3n) is 2.93. The van der Waals surface area contributed by atoms with Gasteiger partial charge >= 0.3 is 0 Å². The molecule has 1 N–H and O–H groups in total. The maximum atomic E-state index is 11.9. The molecule has 5 nitrogen and oxygen atoms in total. The van der Waals surface area contributed by atoms with Crippen molar-refractivity contribution in [3.63, 3.8) is 0 Å². The quantitative estimate of drug-likeness (QED) is 0.758. The molecule has 0 aliphatic carbocycles. The molecule has 0 aliphatic heterocycles. The van der Waals surface area contributed by atoms with E-state index < -0.39 is 0 Å². The molecule has 0 unspecified atom stereocenters. The van der Waals surface area contributed by atoms with Gasteiger partial charge in [-0.3, -0.25) is 9.78 Å². The number of hydrogen-bond acceptors (Lipinski definition) is 4. The first-order valence-electron chi connectivity index (χ1n) is 5.77. The molecule has 0 amide bonds. The van der Waals surface area contributed by atoms with Crippen molar-refractivity contribution in [3.05, 3.63) is 53.1 Å². The summed E-state index contributed by atoms with van der Waals surface area (Å²) < 4.78 is 5.24. The first kappa shape index (κ1) is 11.4. The Morgan fingerprint density at radius 1 is 1.21 bits per heavy atom. The third-order valence-corrected chi connectivity index (χ3v) is 2.93. The van der Waals surface area contributed by atoms with Gasteiger partial charge in [0.1, 0.15) is 11.4 Å². The lowest BCUT2D eigenvalue weighted by molar-refractivity contribution is 0.419. The van der Waals surface area contributed by atoms with Crippen molar-refractivity contribution in [2.24, 2.45) is 0 Å². The van der Waals surface area contributed by atoms with Crippen LogP contribution in [0.2, 0.25) is 0 Å². The van der Waals surface area contributed by atoms with E-state index in [4.69, 9.17) is 4.74 Å². The van der Waals surface area contributed by atoms with Gasteiger partial charge in [0.2, 0.25) is 0 Å². The van der Waals surface area contributed by atoms with Crippen molar-refractivity contribution in [1.82, 2.24) is 15.2 Å². The van der Waals surface area contributed by atoms with Crippen LogP contribution in [-0.2, 0) is 0 Å². The second-order valence-electron chi connectivity index (χ2n) is 4.03. The van der Waals surface area contributed by atoms with Gasteiger partial charge in [-0.15, -0.1) is 0 Å². The minimum atomic E-state index is -0.264. The Bertz CT molecular complexity index is 782. The number of benzene rings is 1. The molecule has 0 aliphatic rings. The summed E-state index contributed by atoms with van der Waals surface area (Å²) in [6, 6.07) is 9.16. The average molecular weight is 253 g/mol. The Balaban J connectivity index is 2.40. The lowest BCUT2D eigenvalue weighted by Gasteiger charge is -2.07. The summed E-state index contributed by atoms with van der Waals surface area (Å²) in [6.07, 6.45) is 3.40. The van der Waals surface area contributed by atoms with Gasteiger partial charge < -0.3 is 4.74 Å². The number of pyridine rings is 1. The normalized spacial score (nSPS) is 10.6. The van der Waals surface area contributed by atoms with Crippen LogP contribution in [0, 0.1) is 0 Å². The standard InChI is InChI=1S/C14H11N3O2/c1-19-11-6-2-5-10-12(11)14(18)17-16-13(10)9-4-3-7-15-8-9/h2-8H,1H3,(H,17,18). The fraction of sp³-hybridized carbons (Fsp3) is 0.0714. The molecule has 1 aromatic carbocycles. The van der Waals surface area contributed by atoms with Crippen LogP contribution < -0.4 is 10.3 Å². The second-order valence-corrected chi connectivity index (χ2v) is 4.03. The zero-order chi connectivity index (χ0) is 13.2. The van der Waals surface area contributed by atoms with E-state index in [1.165, 1.54) is 0 Å². The Hall–Kier alpha value is -2.69. The molecule has 2 aromatic heterocycles. The maximum Gasteiger partial charge on any atom is 0.275 e. The summed E-state index contributed by atoms with van der Waals surface area (Å²) in [5.74, 6) is 0.534. The molecule has 0 spiro atoms. The predicted molar refractivity (Wildman–Crippen MR) is 72.1 cm³/mol. The Kier molecular flexibility index (Phi) is 2.72. The predicted octanol–water partition coefficient (Wildman–Crippen LogP) is 1.99. The fourth-order valence-corrected chi connectivity index (χ4v) is 2.08. The Morgan fingerprint density at radius 2 is 2.11 bits per heavy atom. The summed E-state index contributed by atoms with van der Waals surface area (Å²) in [5, 5.41) is 7.87. The third kappa shape index (κ3) is 1.85. The van der Waals surface area contributed by atoms with E-state index in [0.29, 0.717) is 16.8 Å². The first-order valence-corrected chi connectivity index (χ1v) is 5.77. The molecule has 0 radical (unpaired) electrons. The number of rotatable bonds is 2. The van der Waals surface area contributed by atoms with Crippen LogP contribution >= 0.6 is 0 Å². The summed E-state index contributed by atoms with van der Waals surface area (Å²) in [6.45, 7) is 0. The van der Waals surface area contributed by atoms with Crippen LogP contribution in [0.25, 0.3) is 22.0 Å². The molecule has 0 atom stereocenters. The highest BCUT2D eigenvalue weighted by molar-refractivity contribution is 5.97. The van der Waals surface area contributed by atoms with Crippen molar-refractivity contribution in [2.45, 2.75) is 0 Å². The van der Waals surface area contributed by atoms with Crippen molar-refractivity contribution < 1.29 is 4.74 Å². The molecule has 0 bridgehead atoms. The van der Waals surface area contributed by atoms with E-state index in [1.807, 2.05) is 24.3 Å². The summed E-state index contributed by atoms with van der Waals surface area (Å²) in [4.78, 5) is 16.0. The van der Waals surface area contributed by atoms with Gasteiger partial charge in [0.25, 0.3) is 5.56 Å². The first-order chi connectivity index (χ1) is 9.31. The number of aromatic amines is 1. The van der Waals surface area contributed by atoms with Crippen LogP contribution in [0.4, 0.5) is 0 Å². The minimum Gasteiger partial charge on any atom is -0.496 e. The van der Waals surface area contributed by atoms with Gasteiger partial charge in [-0.05, 0) is 18.2 Å². The highest BCUT2D eigenvalue weighted by Crippen LogP contribution is 2.28. The molecule has 0 fully saturated rings. The van der Waals surface area contributed by atoms with E-state index in [2.05, 4.69) is 15.2 Å². The second kappa shape index (κ2) is 4.53. The van der Waals surface area contributed by atoms with Gasteiger partial charge in [-0.1, -0.05) is 12.1 Å². The van der Waals surface area contributed by atoms with E-state index in [1.54, 1.807) is 25.6 Å². The van der Waals surface area contributed by atoms with E-state index in [9.17, 15) is 4.79 Å².